The Bertz CT molecular complexity index is 935. The second-order valence-electron chi connectivity index (χ2n) is 7.28. The molecule has 0 N–H and O–H groups in total. The van der Waals surface area contributed by atoms with Crippen molar-refractivity contribution < 1.29 is 14.1 Å². The van der Waals surface area contributed by atoms with Gasteiger partial charge in [0.25, 0.3) is 5.91 Å². The maximum Gasteiger partial charge on any atom is 0.253 e. The summed E-state index contributed by atoms with van der Waals surface area (Å²) in [5.41, 5.74) is 1.48. The number of aromatic nitrogens is 2. The molecule has 28 heavy (non-hydrogen) atoms. The summed E-state index contributed by atoms with van der Waals surface area (Å²) in [6, 6.07) is 17.1. The second kappa shape index (κ2) is 7.84. The molecule has 1 aromatic heterocycles. The van der Waals surface area contributed by atoms with E-state index in [4.69, 9.17) is 9.26 Å². The van der Waals surface area contributed by atoms with Crippen LogP contribution in [0.2, 0.25) is 0 Å². The Labute approximate surface area is 164 Å². The highest BCUT2D eigenvalue weighted by Crippen LogP contribution is 2.22. The number of hydrogen-bond acceptors (Lipinski definition) is 5. The first-order chi connectivity index (χ1) is 13.6. The van der Waals surface area contributed by atoms with Gasteiger partial charge in [-0.1, -0.05) is 49.3 Å². The predicted molar refractivity (Wildman–Crippen MR) is 105 cm³/mol. The monoisotopic (exact) mass is 377 g/mol. The minimum atomic E-state index is 0.0155. The number of para-hydroxylation sites is 1. The van der Waals surface area contributed by atoms with E-state index >= 15 is 0 Å². The molecule has 1 saturated heterocycles. The van der Waals surface area contributed by atoms with Crippen molar-refractivity contribution in [1.82, 2.24) is 15.0 Å². The van der Waals surface area contributed by atoms with Gasteiger partial charge in [-0.3, -0.25) is 4.79 Å². The third-order valence-electron chi connectivity index (χ3n) is 4.80. The molecule has 4 rings (SSSR count). The van der Waals surface area contributed by atoms with E-state index in [-0.39, 0.29) is 17.9 Å². The standard InChI is InChI=1S/C22H23N3O3/c1-15(2)21-23-20(24-28-21)16-8-10-17(11-9-16)22(26)25-13-12-19(14-25)27-18-6-4-3-5-7-18/h3-11,15,19H,12-14H2,1-2H3. The van der Waals surface area contributed by atoms with Gasteiger partial charge in [0.05, 0.1) is 6.54 Å². The summed E-state index contributed by atoms with van der Waals surface area (Å²) >= 11 is 0. The van der Waals surface area contributed by atoms with Crippen LogP contribution in [0.5, 0.6) is 5.75 Å². The topological polar surface area (TPSA) is 68.5 Å². The van der Waals surface area contributed by atoms with Crippen molar-refractivity contribution in [2.75, 3.05) is 13.1 Å². The van der Waals surface area contributed by atoms with Gasteiger partial charge in [0.15, 0.2) is 0 Å². The van der Waals surface area contributed by atoms with E-state index < -0.39 is 0 Å². The summed E-state index contributed by atoms with van der Waals surface area (Å²) in [6.45, 7) is 5.30. The molecule has 0 radical (unpaired) electrons. The molecule has 1 aliphatic heterocycles. The van der Waals surface area contributed by atoms with E-state index in [1.165, 1.54) is 0 Å². The number of hydrogen-bond donors (Lipinski definition) is 0. The maximum atomic E-state index is 12.8. The fourth-order valence-corrected chi connectivity index (χ4v) is 3.23. The molecule has 2 aromatic carbocycles. The molecule has 144 valence electrons. The number of carbonyl (C=O) groups excluding carboxylic acids is 1. The summed E-state index contributed by atoms with van der Waals surface area (Å²) < 4.78 is 11.2. The number of amides is 1. The van der Waals surface area contributed by atoms with Crippen LogP contribution < -0.4 is 4.74 Å². The zero-order valence-electron chi connectivity index (χ0n) is 16.0. The zero-order valence-corrected chi connectivity index (χ0v) is 16.0. The number of ether oxygens (including phenoxy) is 1. The summed E-state index contributed by atoms with van der Waals surface area (Å²) in [6.07, 6.45) is 0.860. The lowest BCUT2D eigenvalue weighted by molar-refractivity contribution is 0.0772. The minimum Gasteiger partial charge on any atom is -0.489 e. The van der Waals surface area contributed by atoms with Crippen LogP contribution in [0.25, 0.3) is 11.4 Å². The van der Waals surface area contributed by atoms with Gasteiger partial charge >= 0.3 is 0 Å². The van der Waals surface area contributed by atoms with E-state index in [2.05, 4.69) is 10.1 Å². The number of nitrogens with zero attached hydrogens (tertiary/aromatic N) is 3. The molecule has 0 bridgehead atoms. The largest absolute Gasteiger partial charge is 0.489 e. The highest BCUT2D eigenvalue weighted by atomic mass is 16.5. The molecule has 2 heterocycles. The number of rotatable bonds is 5. The van der Waals surface area contributed by atoms with Gasteiger partial charge in [-0.05, 0) is 24.3 Å². The average Bonchev–Trinajstić information content (AvgIpc) is 3.38. The van der Waals surface area contributed by atoms with Crippen LogP contribution in [0, 0.1) is 0 Å². The average molecular weight is 377 g/mol. The molecule has 3 aromatic rings. The second-order valence-corrected chi connectivity index (χ2v) is 7.28. The van der Waals surface area contributed by atoms with Crippen LogP contribution in [0.3, 0.4) is 0 Å². The molecule has 1 aliphatic rings. The normalized spacial score (nSPS) is 16.5. The lowest BCUT2D eigenvalue weighted by Gasteiger charge is -2.17. The van der Waals surface area contributed by atoms with Crippen molar-refractivity contribution in [2.45, 2.75) is 32.3 Å². The first-order valence-corrected chi connectivity index (χ1v) is 9.55. The Morgan fingerprint density at radius 3 is 2.57 bits per heavy atom. The van der Waals surface area contributed by atoms with Crippen LogP contribution in [0.15, 0.2) is 59.1 Å². The Morgan fingerprint density at radius 2 is 1.89 bits per heavy atom. The molecule has 1 unspecified atom stereocenters. The van der Waals surface area contributed by atoms with Crippen LogP contribution in [0.4, 0.5) is 0 Å². The van der Waals surface area contributed by atoms with Gasteiger partial charge in [0, 0.05) is 30.0 Å². The van der Waals surface area contributed by atoms with Gasteiger partial charge in [0.2, 0.25) is 11.7 Å². The molecule has 0 saturated carbocycles. The number of likely N-dealkylation sites (tertiary alicyclic amines) is 1. The van der Waals surface area contributed by atoms with Gasteiger partial charge in [-0.2, -0.15) is 4.98 Å². The first-order valence-electron chi connectivity index (χ1n) is 9.55. The van der Waals surface area contributed by atoms with E-state index in [1.807, 2.05) is 73.3 Å². The molecule has 0 spiro atoms. The van der Waals surface area contributed by atoms with Crippen molar-refractivity contribution >= 4 is 5.91 Å². The number of carbonyl (C=O) groups is 1. The molecule has 6 heteroatoms. The van der Waals surface area contributed by atoms with Crippen molar-refractivity contribution in [2.24, 2.45) is 0 Å². The molecular weight excluding hydrogens is 354 g/mol. The van der Waals surface area contributed by atoms with Crippen molar-refractivity contribution in [3.05, 3.63) is 66.1 Å². The summed E-state index contributed by atoms with van der Waals surface area (Å²) in [7, 11) is 0. The predicted octanol–water partition coefficient (Wildman–Crippen LogP) is 4.15. The van der Waals surface area contributed by atoms with Crippen LogP contribution in [-0.2, 0) is 0 Å². The Hall–Kier alpha value is -3.15. The Kier molecular flexibility index (Phi) is 5.10. The Morgan fingerprint density at radius 1 is 1.14 bits per heavy atom. The lowest BCUT2D eigenvalue weighted by Crippen LogP contribution is -2.30. The number of benzene rings is 2. The summed E-state index contributed by atoms with van der Waals surface area (Å²) in [4.78, 5) is 19.0. The molecule has 6 nitrogen and oxygen atoms in total. The van der Waals surface area contributed by atoms with Crippen LogP contribution in [0.1, 0.15) is 42.4 Å². The van der Waals surface area contributed by atoms with Gasteiger partial charge in [-0.25, -0.2) is 0 Å². The molecule has 1 atom stereocenters. The molecule has 1 fully saturated rings. The van der Waals surface area contributed by atoms with Gasteiger partial charge in [0.1, 0.15) is 11.9 Å². The third kappa shape index (κ3) is 3.91. The van der Waals surface area contributed by atoms with Gasteiger partial charge < -0.3 is 14.2 Å². The van der Waals surface area contributed by atoms with Gasteiger partial charge in [-0.15, -0.1) is 0 Å². The van der Waals surface area contributed by atoms with E-state index in [1.54, 1.807) is 0 Å². The minimum absolute atomic E-state index is 0.0155. The zero-order chi connectivity index (χ0) is 19.5. The fourth-order valence-electron chi connectivity index (χ4n) is 3.23. The molecule has 0 aliphatic carbocycles. The molecule has 1 amide bonds. The van der Waals surface area contributed by atoms with E-state index in [0.29, 0.717) is 30.4 Å². The highest BCUT2D eigenvalue weighted by molar-refractivity contribution is 5.94. The van der Waals surface area contributed by atoms with Crippen molar-refractivity contribution in [1.29, 1.82) is 0 Å². The van der Waals surface area contributed by atoms with Crippen LogP contribution >= 0.6 is 0 Å². The van der Waals surface area contributed by atoms with E-state index in [0.717, 1.165) is 17.7 Å². The quantitative estimate of drug-likeness (QED) is 0.668. The Balaban J connectivity index is 1.39. The fraction of sp³-hybridized carbons (Fsp3) is 0.318. The molecular formula is C22H23N3O3. The summed E-state index contributed by atoms with van der Waals surface area (Å²) in [5, 5.41) is 4.01. The van der Waals surface area contributed by atoms with Crippen LogP contribution in [-0.4, -0.2) is 40.1 Å². The lowest BCUT2D eigenvalue weighted by atomic mass is 10.1. The smallest absolute Gasteiger partial charge is 0.253 e. The third-order valence-corrected chi connectivity index (χ3v) is 4.80. The van der Waals surface area contributed by atoms with E-state index in [9.17, 15) is 4.79 Å². The SMILES string of the molecule is CC(C)c1nc(-c2ccc(C(=O)N3CCC(Oc4ccccc4)C3)cc2)no1. The summed E-state index contributed by atoms with van der Waals surface area (Å²) in [5.74, 6) is 2.19. The highest BCUT2D eigenvalue weighted by Gasteiger charge is 2.28. The van der Waals surface area contributed by atoms with Crippen molar-refractivity contribution in [3.63, 3.8) is 0 Å². The maximum absolute atomic E-state index is 12.8. The first kappa shape index (κ1) is 18.2. The van der Waals surface area contributed by atoms with Crippen molar-refractivity contribution in [3.8, 4) is 17.1 Å².